The van der Waals surface area contributed by atoms with Crippen LogP contribution in [0.1, 0.15) is 38.0 Å². The molecule has 2 amide bonds. The van der Waals surface area contributed by atoms with E-state index in [9.17, 15) is 14.4 Å². The fraction of sp³-hybridized carbons (Fsp3) is 0.263. The highest BCUT2D eigenvalue weighted by atomic mass is 16.5. The third kappa shape index (κ3) is 5.89. The molecule has 0 atom stereocenters. The van der Waals surface area contributed by atoms with Crippen molar-refractivity contribution in [1.29, 1.82) is 0 Å². The van der Waals surface area contributed by atoms with E-state index < -0.39 is 11.9 Å². The Balaban J connectivity index is 2.02. The number of methoxy groups -OCH3 is 1. The third-order valence-electron chi connectivity index (χ3n) is 3.51. The van der Waals surface area contributed by atoms with Crippen LogP contribution in [-0.2, 0) is 9.47 Å². The lowest BCUT2D eigenvalue weighted by Crippen LogP contribution is -2.27. The number of pyridine rings is 1. The largest absolute Gasteiger partial charge is 0.462 e. The van der Waals surface area contributed by atoms with Crippen LogP contribution in [0.15, 0.2) is 42.7 Å². The zero-order valence-corrected chi connectivity index (χ0v) is 15.2. The molecule has 2 rings (SSSR count). The van der Waals surface area contributed by atoms with Gasteiger partial charge in [0, 0.05) is 31.7 Å². The molecular formula is C19H21N3O5. The fourth-order valence-corrected chi connectivity index (χ4v) is 2.16. The van der Waals surface area contributed by atoms with Crippen molar-refractivity contribution in [2.45, 2.75) is 6.92 Å². The number of esters is 1. The van der Waals surface area contributed by atoms with E-state index in [0.717, 1.165) is 0 Å². The van der Waals surface area contributed by atoms with Gasteiger partial charge in [-0.25, -0.2) is 4.79 Å². The standard InChI is InChI=1S/C19H21N3O5/c1-3-27-19(25)13-4-6-16(7-5-13)22-18(24)15-10-14(11-20-12-15)17(23)21-8-9-26-2/h4-7,10-12H,3,8-9H2,1-2H3,(H,21,23)(H,22,24). The molecule has 1 aromatic carbocycles. The van der Waals surface area contributed by atoms with E-state index in [4.69, 9.17) is 9.47 Å². The summed E-state index contributed by atoms with van der Waals surface area (Å²) in [5.74, 6) is -1.18. The van der Waals surface area contributed by atoms with Gasteiger partial charge < -0.3 is 20.1 Å². The maximum absolute atomic E-state index is 12.4. The summed E-state index contributed by atoms with van der Waals surface area (Å²) in [7, 11) is 1.54. The molecule has 0 saturated carbocycles. The normalized spacial score (nSPS) is 10.1. The van der Waals surface area contributed by atoms with Crippen LogP contribution in [0.25, 0.3) is 0 Å². The number of aromatic nitrogens is 1. The van der Waals surface area contributed by atoms with Crippen molar-refractivity contribution in [3.63, 3.8) is 0 Å². The molecule has 0 radical (unpaired) electrons. The molecule has 0 spiro atoms. The summed E-state index contributed by atoms with van der Waals surface area (Å²) in [5, 5.41) is 5.36. The van der Waals surface area contributed by atoms with Crippen molar-refractivity contribution >= 4 is 23.5 Å². The number of ether oxygens (including phenoxy) is 2. The highest BCUT2D eigenvalue weighted by Gasteiger charge is 2.12. The molecule has 8 nitrogen and oxygen atoms in total. The van der Waals surface area contributed by atoms with Crippen LogP contribution in [0.5, 0.6) is 0 Å². The Hall–Kier alpha value is -3.26. The molecule has 0 fully saturated rings. The summed E-state index contributed by atoms with van der Waals surface area (Å²) >= 11 is 0. The topological polar surface area (TPSA) is 107 Å². The second-order valence-corrected chi connectivity index (χ2v) is 5.46. The van der Waals surface area contributed by atoms with E-state index in [-0.39, 0.29) is 17.0 Å². The summed E-state index contributed by atoms with van der Waals surface area (Å²) in [6, 6.07) is 7.77. The van der Waals surface area contributed by atoms with Crippen LogP contribution >= 0.6 is 0 Å². The number of carbonyl (C=O) groups excluding carboxylic acids is 3. The second-order valence-electron chi connectivity index (χ2n) is 5.46. The van der Waals surface area contributed by atoms with Crippen molar-refractivity contribution in [2.75, 3.05) is 32.2 Å². The van der Waals surface area contributed by atoms with E-state index in [1.165, 1.54) is 25.6 Å². The second kappa shape index (κ2) is 10.0. The summed E-state index contributed by atoms with van der Waals surface area (Å²) in [5.41, 5.74) is 1.41. The summed E-state index contributed by atoms with van der Waals surface area (Å²) in [4.78, 5) is 40.0. The number of anilines is 1. The molecule has 1 heterocycles. The van der Waals surface area contributed by atoms with Gasteiger partial charge in [-0.05, 0) is 37.3 Å². The zero-order chi connectivity index (χ0) is 19.6. The number of hydrogen-bond donors (Lipinski definition) is 2. The lowest BCUT2D eigenvalue weighted by atomic mass is 10.1. The smallest absolute Gasteiger partial charge is 0.338 e. The number of amides is 2. The van der Waals surface area contributed by atoms with E-state index in [1.807, 2.05) is 0 Å². The molecule has 142 valence electrons. The van der Waals surface area contributed by atoms with Crippen LogP contribution in [-0.4, -0.2) is 49.6 Å². The van der Waals surface area contributed by atoms with Crippen molar-refractivity contribution in [3.8, 4) is 0 Å². The molecular weight excluding hydrogens is 350 g/mol. The molecule has 8 heteroatoms. The van der Waals surface area contributed by atoms with Gasteiger partial charge in [-0.3, -0.25) is 14.6 Å². The van der Waals surface area contributed by atoms with E-state index in [0.29, 0.717) is 31.0 Å². The van der Waals surface area contributed by atoms with Gasteiger partial charge in [-0.1, -0.05) is 0 Å². The molecule has 0 aliphatic carbocycles. The quantitative estimate of drug-likeness (QED) is 0.542. The molecule has 27 heavy (non-hydrogen) atoms. The lowest BCUT2D eigenvalue weighted by molar-refractivity contribution is 0.0526. The zero-order valence-electron chi connectivity index (χ0n) is 15.2. The van der Waals surface area contributed by atoms with Crippen LogP contribution in [0.2, 0.25) is 0 Å². The Kier molecular flexibility index (Phi) is 7.45. The van der Waals surface area contributed by atoms with Crippen molar-refractivity contribution in [2.24, 2.45) is 0 Å². The molecule has 0 aliphatic rings. The van der Waals surface area contributed by atoms with Gasteiger partial charge in [0.15, 0.2) is 0 Å². The van der Waals surface area contributed by atoms with Gasteiger partial charge in [0.1, 0.15) is 0 Å². The van der Waals surface area contributed by atoms with Gasteiger partial charge >= 0.3 is 5.97 Å². The highest BCUT2D eigenvalue weighted by Crippen LogP contribution is 2.13. The molecule has 0 bridgehead atoms. The SMILES string of the molecule is CCOC(=O)c1ccc(NC(=O)c2cncc(C(=O)NCCOC)c2)cc1. The first-order chi connectivity index (χ1) is 13.0. The van der Waals surface area contributed by atoms with E-state index >= 15 is 0 Å². The number of nitrogens with one attached hydrogen (secondary N) is 2. The molecule has 0 aliphatic heterocycles. The fourth-order valence-electron chi connectivity index (χ4n) is 2.16. The number of nitrogens with zero attached hydrogens (tertiary/aromatic N) is 1. The average molecular weight is 371 g/mol. The van der Waals surface area contributed by atoms with Crippen molar-refractivity contribution in [3.05, 3.63) is 59.4 Å². The Labute approximate surface area is 156 Å². The predicted molar refractivity (Wildman–Crippen MR) is 98.8 cm³/mol. The third-order valence-corrected chi connectivity index (χ3v) is 3.51. The van der Waals surface area contributed by atoms with Crippen LogP contribution in [0.3, 0.4) is 0 Å². The number of rotatable bonds is 8. The number of hydrogen-bond acceptors (Lipinski definition) is 6. The first-order valence-electron chi connectivity index (χ1n) is 8.36. The molecule has 2 N–H and O–H groups in total. The Morgan fingerprint density at radius 3 is 2.30 bits per heavy atom. The summed E-state index contributed by atoms with van der Waals surface area (Å²) in [6.07, 6.45) is 2.75. The van der Waals surface area contributed by atoms with Gasteiger partial charge in [-0.15, -0.1) is 0 Å². The Bertz CT molecular complexity index is 805. The van der Waals surface area contributed by atoms with E-state index in [2.05, 4.69) is 15.6 Å². The van der Waals surface area contributed by atoms with Crippen molar-refractivity contribution < 1.29 is 23.9 Å². The minimum Gasteiger partial charge on any atom is -0.462 e. The summed E-state index contributed by atoms with van der Waals surface area (Å²) < 4.78 is 9.78. The van der Waals surface area contributed by atoms with Gasteiger partial charge in [-0.2, -0.15) is 0 Å². The number of carbonyl (C=O) groups is 3. The van der Waals surface area contributed by atoms with Crippen LogP contribution < -0.4 is 10.6 Å². The maximum Gasteiger partial charge on any atom is 0.338 e. The van der Waals surface area contributed by atoms with Gasteiger partial charge in [0.05, 0.1) is 29.9 Å². The molecule has 1 aromatic heterocycles. The Morgan fingerprint density at radius 2 is 1.67 bits per heavy atom. The monoisotopic (exact) mass is 371 g/mol. The minimum absolute atomic E-state index is 0.240. The Morgan fingerprint density at radius 1 is 1.00 bits per heavy atom. The van der Waals surface area contributed by atoms with Gasteiger partial charge in [0.25, 0.3) is 11.8 Å². The predicted octanol–water partition coefficient (Wildman–Crippen LogP) is 1.89. The first-order valence-corrected chi connectivity index (χ1v) is 8.36. The minimum atomic E-state index is -0.424. The van der Waals surface area contributed by atoms with Crippen LogP contribution in [0, 0.1) is 0 Å². The molecule has 2 aromatic rings. The average Bonchev–Trinajstić information content (AvgIpc) is 2.69. The lowest BCUT2D eigenvalue weighted by Gasteiger charge is -2.08. The first kappa shape index (κ1) is 20.1. The summed E-state index contributed by atoms with van der Waals surface area (Å²) in [6.45, 7) is 2.77. The van der Waals surface area contributed by atoms with Gasteiger partial charge in [0.2, 0.25) is 0 Å². The maximum atomic E-state index is 12.4. The van der Waals surface area contributed by atoms with Crippen molar-refractivity contribution in [1.82, 2.24) is 10.3 Å². The highest BCUT2D eigenvalue weighted by molar-refractivity contribution is 6.06. The van der Waals surface area contributed by atoms with E-state index in [1.54, 1.807) is 31.2 Å². The molecule has 0 saturated heterocycles. The van der Waals surface area contributed by atoms with Crippen LogP contribution in [0.4, 0.5) is 5.69 Å². The molecule has 0 unspecified atom stereocenters. The number of benzene rings is 1.